The van der Waals surface area contributed by atoms with Gasteiger partial charge < -0.3 is 15.5 Å². The van der Waals surface area contributed by atoms with E-state index in [-0.39, 0.29) is 5.91 Å². The molecule has 0 aliphatic heterocycles. The lowest BCUT2D eigenvalue weighted by molar-refractivity contribution is 0.0993. The number of ether oxygens (including phenoxy) is 1. The van der Waals surface area contributed by atoms with Gasteiger partial charge in [0.1, 0.15) is 16.4 Å². The van der Waals surface area contributed by atoms with Crippen LogP contribution in [0.1, 0.15) is 26.0 Å². The van der Waals surface area contributed by atoms with Crippen LogP contribution in [0.25, 0.3) is 11.3 Å². The zero-order valence-electron chi connectivity index (χ0n) is 12.5. The fourth-order valence-corrected chi connectivity index (χ4v) is 3.37. The van der Waals surface area contributed by atoms with Crippen LogP contribution in [0.2, 0.25) is 0 Å². The Balaban J connectivity index is 1.70. The first kappa shape index (κ1) is 16.3. The zero-order chi connectivity index (χ0) is 17.1. The van der Waals surface area contributed by atoms with Crippen molar-refractivity contribution in [3.63, 3.8) is 0 Å². The van der Waals surface area contributed by atoms with E-state index in [2.05, 4.69) is 20.3 Å². The fourth-order valence-electron chi connectivity index (χ4n) is 1.91. The van der Waals surface area contributed by atoms with E-state index in [1.807, 2.05) is 0 Å². The molecule has 0 aliphatic carbocycles. The summed E-state index contributed by atoms with van der Waals surface area (Å²) in [7, 11) is 1.57. The second-order valence-electron chi connectivity index (χ2n) is 4.72. The van der Waals surface area contributed by atoms with Gasteiger partial charge in [-0.05, 0) is 6.07 Å². The number of hydrogen-bond acceptors (Lipinski definition) is 7. The van der Waals surface area contributed by atoms with Crippen LogP contribution in [-0.2, 0) is 11.3 Å². The minimum atomic E-state index is -0.541. The molecule has 124 valence electrons. The Morgan fingerprint density at radius 1 is 1.33 bits per heavy atom. The molecule has 0 fully saturated rings. The number of carbonyl (C=O) groups excluding carboxylic acids is 2. The molecule has 0 aliphatic rings. The number of aromatic nitrogens is 3. The van der Waals surface area contributed by atoms with Gasteiger partial charge in [0.2, 0.25) is 0 Å². The average Bonchev–Trinajstić information content (AvgIpc) is 3.27. The summed E-state index contributed by atoms with van der Waals surface area (Å²) in [5.74, 6) is -0.873. The average molecular weight is 363 g/mol. The molecule has 0 saturated heterocycles. The SMILES string of the molecule is COCc1nc(C(=O)Nc2nc(-c3c[nH]c(C(N)=O)c3)cs2)cs1. The molecule has 0 bridgehead atoms. The van der Waals surface area contributed by atoms with Gasteiger partial charge in [-0.25, -0.2) is 9.97 Å². The van der Waals surface area contributed by atoms with Crippen LogP contribution in [0.15, 0.2) is 23.0 Å². The van der Waals surface area contributed by atoms with Crippen molar-refractivity contribution in [2.45, 2.75) is 6.61 Å². The summed E-state index contributed by atoms with van der Waals surface area (Å²) in [6.45, 7) is 0.370. The van der Waals surface area contributed by atoms with E-state index in [4.69, 9.17) is 10.5 Å². The quantitative estimate of drug-likeness (QED) is 0.619. The number of thiazole rings is 2. The Morgan fingerprint density at radius 3 is 2.88 bits per heavy atom. The highest BCUT2D eigenvalue weighted by atomic mass is 32.1. The van der Waals surface area contributed by atoms with E-state index >= 15 is 0 Å². The third-order valence-electron chi connectivity index (χ3n) is 3.02. The summed E-state index contributed by atoms with van der Waals surface area (Å²) in [5, 5.41) is 7.33. The van der Waals surface area contributed by atoms with Gasteiger partial charge in [0, 0.05) is 29.6 Å². The number of nitrogens with zero attached hydrogens (tertiary/aromatic N) is 2. The van der Waals surface area contributed by atoms with Crippen molar-refractivity contribution < 1.29 is 14.3 Å². The van der Waals surface area contributed by atoms with Crippen LogP contribution in [0.5, 0.6) is 0 Å². The van der Waals surface area contributed by atoms with Gasteiger partial charge in [-0.15, -0.1) is 22.7 Å². The maximum atomic E-state index is 12.2. The Bertz CT molecular complexity index is 882. The number of H-pyrrole nitrogens is 1. The molecule has 0 unspecified atom stereocenters. The molecule has 4 N–H and O–H groups in total. The molecule has 0 aromatic carbocycles. The monoisotopic (exact) mass is 363 g/mol. The summed E-state index contributed by atoms with van der Waals surface area (Å²) >= 11 is 2.64. The molecule has 0 radical (unpaired) electrons. The number of carbonyl (C=O) groups is 2. The number of nitrogens with one attached hydrogen (secondary N) is 2. The van der Waals surface area contributed by atoms with E-state index in [1.165, 1.54) is 22.7 Å². The van der Waals surface area contributed by atoms with E-state index < -0.39 is 5.91 Å². The molecule has 24 heavy (non-hydrogen) atoms. The van der Waals surface area contributed by atoms with Gasteiger partial charge in [0.05, 0.1) is 12.3 Å². The highest BCUT2D eigenvalue weighted by Crippen LogP contribution is 2.26. The summed E-state index contributed by atoms with van der Waals surface area (Å²) in [4.78, 5) is 34.6. The van der Waals surface area contributed by atoms with Crippen LogP contribution in [0, 0.1) is 0 Å². The highest BCUT2D eigenvalue weighted by Gasteiger charge is 2.14. The second-order valence-corrected chi connectivity index (χ2v) is 6.52. The first-order valence-corrected chi connectivity index (χ1v) is 8.51. The normalized spacial score (nSPS) is 10.7. The minimum absolute atomic E-state index is 0.303. The van der Waals surface area contributed by atoms with Crippen molar-refractivity contribution in [3.05, 3.63) is 39.4 Å². The van der Waals surface area contributed by atoms with E-state index in [9.17, 15) is 9.59 Å². The maximum absolute atomic E-state index is 12.2. The molecule has 3 aromatic heterocycles. The molecule has 0 spiro atoms. The van der Waals surface area contributed by atoms with E-state index in [0.29, 0.717) is 28.8 Å². The lowest BCUT2D eigenvalue weighted by atomic mass is 10.2. The van der Waals surface area contributed by atoms with E-state index in [0.717, 1.165) is 10.6 Å². The zero-order valence-corrected chi connectivity index (χ0v) is 14.2. The Kier molecular flexibility index (Phi) is 4.69. The summed E-state index contributed by atoms with van der Waals surface area (Å²) < 4.78 is 4.98. The highest BCUT2D eigenvalue weighted by molar-refractivity contribution is 7.14. The van der Waals surface area contributed by atoms with Gasteiger partial charge in [-0.1, -0.05) is 0 Å². The number of methoxy groups -OCH3 is 1. The Hall–Kier alpha value is -2.56. The van der Waals surface area contributed by atoms with Crippen LogP contribution >= 0.6 is 22.7 Å². The maximum Gasteiger partial charge on any atom is 0.276 e. The van der Waals surface area contributed by atoms with Crippen molar-refractivity contribution >= 4 is 39.6 Å². The third kappa shape index (κ3) is 3.50. The van der Waals surface area contributed by atoms with Crippen molar-refractivity contribution in [1.82, 2.24) is 15.0 Å². The molecular formula is C14H13N5O3S2. The molecule has 3 rings (SSSR count). The van der Waals surface area contributed by atoms with Crippen molar-refractivity contribution in [2.75, 3.05) is 12.4 Å². The minimum Gasteiger partial charge on any atom is -0.378 e. The smallest absolute Gasteiger partial charge is 0.276 e. The standard InChI is InChI=1S/C14H13N5O3S2/c1-22-4-11-17-10(6-23-11)13(21)19-14-18-9(5-24-14)7-2-8(12(15)20)16-3-7/h2-3,5-6,16H,4H2,1H3,(H2,15,20)(H,18,19,21). The number of primary amides is 1. The lowest BCUT2D eigenvalue weighted by Crippen LogP contribution is -2.12. The summed E-state index contributed by atoms with van der Waals surface area (Å²) in [6, 6.07) is 1.61. The largest absolute Gasteiger partial charge is 0.378 e. The third-order valence-corrected chi connectivity index (χ3v) is 4.60. The molecule has 2 amide bonds. The van der Waals surface area contributed by atoms with Crippen molar-refractivity contribution in [2.24, 2.45) is 5.73 Å². The number of aromatic amines is 1. The predicted molar refractivity (Wildman–Crippen MR) is 91.2 cm³/mol. The number of hydrogen-bond donors (Lipinski definition) is 3. The Morgan fingerprint density at radius 2 is 2.17 bits per heavy atom. The van der Waals surface area contributed by atoms with Crippen LogP contribution in [-0.4, -0.2) is 33.9 Å². The summed E-state index contributed by atoms with van der Waals surface area (Å²) in [6.07, 6.45) is 1.64. The first-order valence-electron chi connectivity index (χ1n) is 6.75. The number of rotatable bonds is 6. The molecule has 0 saturated carbocycles. The van der Waals surface area contributed by atoms with Gasteiger partial charge >= 0.3 is 0 Å². The topological polar surface area (TPSA) is 123 Å². The van der Waals surface area contributed by atoms with Crippen molar-refractivity contribution in [1.29, 1.82) is 0 Å². The van der Waals surface area contributed by atoms with Crippen LogP contribution in [0.4, 0.5) is 5.13 Å². The second kappa shape index (κ2) is 6.91. The molecule has 0 atom stereocenters. The lowest BCUT2D eigenvalue weighted by Gasteiger charge is -1.97. The van der Waals surface area contributed by atoms with E-state index in [1.54, 1.807) is 30.1 Å². The predicted octanol–water partition coefficient (Wildman–Crippen LogP) is 2.09. The summed E-state index contributed by atoms with van der Waals surface area (Å²) in [5.41, 5.74) is 7.18. The van der Waals surface area contributed by atoms with Gasteiger partial charge in [-0.2, -0.15) is 0 Å². The molecule has 3 heterocycles. The number of anilines is 1. The van der Waals surface area contributed by atoms with Gasteiger partial charge in [0.25, 0.3) is 11.8 Å². The van der Waals surface area contributed by atoms with Crippen LogP contribution < -0.4 is 11.1 Å². The van der Waals surface area contributed by atoms with Gasteiger partial charge in [-0.3, -0.25) is 14.9 Å². The Labute approximate surface area is 144 Å². The van der Waals surface area contributed by atoms with Crippen LogP contribution in [0.3, 0.4) is 0 Å². The molecular weight excluding hydrogens is 350 g/mol. The first-order chi connectivity index (χ1) is 11.6. The molecule has 3 aromatic rings. The fraction of sp³-hybridized carbons (Fsp3) is 0.143. The molecule has 8 nitrogen and oxygen atoms in total. The van der Waals surface area contributed by atoms with Crippen molar-refractivity contribution in [3.8, 4) is 11.3 Å². The van der Waals surface area contributed by atoms with Gasteiger partial charge in [0.15, 0.2) is 5.13 Å². The number of amides is 2. The number of nitrogens with two attached hydrogens (primary N) is 1. The molecule has 10 heteroatoms.